The molecule has 4 heteroatoms. The topological polar surface area (TPSA) is 59.2 Å². The number of aromatic nitrogens is 1. The molecule has 2 N–H and O–H groups in total. The minimum Gasteiger partial charge on any atom is -0.335 e. The Labute approximate surface area is 138 Å². The number of hydrogen-bond donors (Lipinski definition) is 1. The van der Waals surface area contributed by atoms with Gasteiger partial charge in [0.2, 0.25) is 5.91 Å². The van der Waals surface area contributed by atoms with E-state index in [9.17, 15) is 4.79 Å². The molecule has 0 aliphatic heterocycles. The molecule has 3 aliphatic rings. The first kappa shape index (κ1) is 15.1. The Morgan fingerprint density at radius 3 is 2.39 bits per heavy atom. The zero-order chi connectivity index (χ0) is 15.8. The van der Waals surface area contributed by atoms with Gasteiger partial charge in [0.05, 0.1) is 0 Å². The average molecular weight is 313 g/mol. The fourth-order valence-electron chi connectivity index (χ4n) is 4.68. The molecule has 4 nitrogen and oxygen atoms in total. The SMILES string of the molecule is NC1C2CCCC1CC(C(=O)N(Cc1ccncc1)C1CC1)C2. The van der Waals surface area contributed by atoms with Crippen LogP contribution in [-0.2, 0) is 11.3 Å². The van der Waals surface area contributed by atoms with E-state index < -0.39 is 0 Å². The molecule has 0 aromatic carbocycles. The Bertz CT molecular complexity index is 543. The van der Waals surface area contributed by atoms with Crippen LogP contribution in [0.25, 0.3) is 0 Å². The summed E-state index contributed by atoms with van der Waals surface area (Å²) in [7, 11) is 0. The lowest BCUT2D eigenvalue weighted by molar-refractivity contribution is -0.140. The minimum absolute atomic E-state index is 0.201. The van der Waals surface area contributed by atoms with Gasteiger partial charge >= 0.3 is 0 Å². The number of hydrogen-bond acceptors (Lipinski definition) is 3. The quantitative estimate of drug-likeness (QED) is 0.930. The summed E-state index contributed by atoms with van der Waals surface area (Å²) < 4.78 is 0. The molecular weight excluding hydrogens is 286 g/mol. The van der Waals surface area contributed by atoms with Crippen LogP contribution in [0, 0.1) is 17.8 Å². The number of nitrogens with two attached hydrogens (primary N) is 1. The van der Waals surface area contributed by atoms with Crippen LogP contribution >= 0.6 is 0 Å². The molecule has 0 radical (unpaired) electrons. The maximum atomic E-state index is 13.2. The summed E-state index contributed by atoms with van der Waals surface area (Å²) in [5.74, 6) is 1.72. The molecule has 23 heavy (non-hydrogen) atoms. The van der Waals surface area contributed by atoms with Gasteiger partial charge in [0.25, 0.3) is 0 Å². The predicted molar refractivity (Wildman–Crippen MR) is 89.3 cm³/mol. The van der Waals surface area contributed by atoms with E-state index in [2.05, 4.69) is 9.88 Å². The molecule has 1 amide bonds. The van der Waals surface area contributed by atoms with E-state index in [0.29, 0.717) is 29.8 Å². The summed E-state index contributed by atoms with van der Waals surface area (Å²) in [6, 6.07) is 4.84. The third-order valence-electron chi connectivity index (χ3n) is 6.14. The van der Waals surface area contributed by atoms with E-state index in [-0.39, 0.29) is 5.92 Å². The minimum atomic E-state index is 0.201. The third kappa shape index (κ3) is 3.14. The second-order valence-electron chi connectivity index (χ2n) is 7.75. The van der Waals surface area contributed by atoms with Gasteiger partial charge in [-0.3, -0.25) is 9.78 Å². The first-order valence-corrected chi connectivity index (χ1v) is 9.17. The Morgan fingerprint density at radius 1 is 1.13 bits per heavy atom. The lowest BCUT2D eigenvalue weighted by Crippen LogP contribution is -2.50. The van der Waals surface area contributed by atoms with Crippen LogP contribution in [0.5, 0.6) is 0 Å². The predicted octanol–water partition coefficient (Wildman–Crippen LogP) is 2.73. The molecule has 3 fully saturated rings. The summed E-state index contributed by atoms with van der Waals surface area (Å²) in [6.07, 6.45) is 11.7. The maximum Gasteiger partial charge on any atom is 0.226 e. The van der Waals surface area contributed by atoms with Gasteiger partial charge in [-0.2, -0.15) is 0 Å². The summed E-state index contributed by atoms with van der Waals surface area (Å²) in [6.45, 7) is 0.740. The molecule has 0 saturated heterocycles. The van der Waals surface area contributed by atoms with Crippen LogP contribution in [0.15, 0.2) is 24.5 Å². The first-order chi connectivity index (χ1) is 11.2. The molecule has 1 aromatic heterocycles. The Kier molecular flexibility index (Phi) is 4.10. The monoisotopic (exact) mass is 313 g/mol. The lowest BCUT2D eigenvalue weighted by Gasteiger charge is -2.44. The van der Waals surface area contributed by atoms with E-state index in [1.54, 1.807) is 0 Å². The maximum absolute atomic E-state index is 13.2. The van der Waals surface area contributed by atoms with Gasteiger partial charge in [0, 0.05) is 36.9 Å². The number of carbonyl (C=O) groups is 1. The first-order valence-electron chi connectivity index (χ1n) is 9.17. The van der Waals surface area contributed by atoms with Gasteiger partial charge in [0.1, 0.15) is 0 Å². The van der Waals surface area contributed by atoms with Crippen molar-refractivity contribution in [1.82, 2.24) is 9.88 Å². The highest BCUT2D eigenvalue weighted by Gasteiger charge is 2.43. The zero-order valence-electron chi connectivity index (χ0n) is 13.7. The van der Waals surface area contributed by atoms with Crippen molar-refractivity contribution in [1.29, 1.82) is 0 Å². The van der Waals surface area contributed by atoms with Crippen molar-refractivity contribution >= 4 is 5.91 Å². The van der Waals surface area contributed by atoms with Crippen molar-refractivity contribution < 1.29 is 4.79 Å². The Hall–Kier alpha value is -1.42. The molecule has 4 rings (SSSR count). The number of nitrogens with zero attached hydrogens (tertiary/aromatic N) is 2. The van der Waals surface area contributed by atoms with E-state index in [1.165, 1.54) is 24.8 Å². The Morgan fingerprint density at radius 2 is 1.78 bits per heavy atom. The zero-order valence-corrected chi connectivity index (χ0v) is 13.7. The molecule has 1 heterocycles. The lowest BCUT2D eigenvalue weighted by atomic mass is 9.65. The van der Waals surface area contributed by atoms with Crippen LogP contribution in [-0.4, -0.2) is 27.9 Å². The summed E-state index contributed by atoms with van der Waals surface area (Å²) in [5, 5.41) is 0. The fraction of sp³-hybridized carbons (Fsp3) is 0.684. The van der Waals surface area contributed by atoms with Crippen molar-refractivity contribution in [3.05, 3.63) is 30.1 Å². The van der Waals surface area contributed by atoms with Gasteiger partial charge in [-0.25, -0.2) is 0 Å². The molecule has 2 atom stereocenters. The molecule has 0 spiro atoms. The molecule has 2 unspecified atom stereocenters. The van der Waals surface area contributed by atoms with E-state index in [0.717, 1.165) is 32.2 Å². The van der Waals surface area contributed by atoms with Crippen LogP contribution in [0.1, 0.15) is 50.5 Å². The Balaban J connectivity index is 1.47. The summed E-state index contributed by atoms with van der Waals surface area (Å²) in [4.78, 5) is 19.4. The van der Waals surface area contributed by atoms with Crippen LogP contribution in [0.2, 0.25) is 0 Å². The van der Waals surface area contributed by atoms with Gasteiger partial charge in [-0.05, 0) is 68.1 Å². The highest BCUT2D eigenvalue weighted by molar-refractivity contribution is 5.79. The van der Waals surface area contributed by atoms with Gasteiger partial charge in [-0.1, -0.05) is 6.42 Å². The van der Waals surface area contributed by atoms with Gasteiger partial charge < -0.3 is 10.6 Å². The second-order valence-corrected chi connectivity index (χ2v) is 7.75. The number of fused-ring (bicyclic) bond motifs is 2. The fourth-order valence-corrected chi connectivity index (χ4v) is 4.68. The standard InChI is InChI=1S/C19H27N3O/c20-18-14-2-1-3-15(18)11-16(10-14)19(23)22(17-4-5-17)12-13-6-8-21-9-7-13/h6-9,14-18H,1-5,10-12,20H2. The second kappa shape index (κ2) is 6.23. The molecule has 3 aliphatic carbocycles. The number of amides is 1. The third-order valence-corrected chi connectivity index (χ3v) is 6.14. The molecule has 2 bridgehead atoms. The van der Waals surface area contributed by atoms with E-state index in [4.69, 9.17) is 5.73 Å². The highest BCUT2D eigenvalue weighted by atomic mass is 16.2. The molecule has 3 saturated carbocycles. The van der Waals surface area contributed by atoms with Crippen molar-refractivity contribution in [3.63, 3.8) is 0 Å². The van der Waals surface area contributed by atoms with Crippen LogP contribution in [0.4, 0.5) is 0 Å². The molecular formula is C19H27N3O. The van der Waals surface area contributed by atoms with Gasteiger partial charge in [0.15, 0.2) is 0 Å². The number of pyridine rings is 1. The van der Waals surface area contributed by atoms with Crippen molar-refractivity contribution in [2.24, 2.45) is 23.5 Å². The molecule has 1 aromatic rings. The highest BCUT2D eigenvalue weighted by Crippen LogP contribution is 2.43. The van der Waals surface area contributed by atoms with Crippen molar-refractivity contribution in [3.8, 4) is 0 Å². The van der Waals surface area contributed by atoms with Crippen LogP contribution in [0.3, 0.4) is 0 Å². The largest absolute Gasteiger partial charge is 0.335 e. The number of rotatable bonds is 4. The van der Waals surface area contributed by atoms with E-state index >= 15 is 0 Å². The van der Waals surface area contributed by atoms with Crippen molar-refractivity contribution in [2.75, 3.05) is 0 Å². The summed E-state index contributed by atoms with van der Waals surface area (Å²) >= 11 is 0. The smallest absolute Gasteiger partial charge is 0.226 e. The number of carbonyl (C=O) groups excluding carboxylic acids is 1. The van der Waals surface area contributed by atoms with Crippen LogP contribution < -0.4 is 5.73 Å². The van der Waals surface area contributed by atoms with E-state index in [1.807, 2.05) is 24.5 Å². The molecule has 124 valence electrons. The normalized spacial score (nSPS) is 33.3. The van der Waals surface area contributed by atoms with Gasteiger partial charge in [-0.15, -0.1) is 0 Å². The average Bonchev–Trinajstić information content (AvgIpc) is 3.37. The van der Waals surface area contributed by atoms with Crippen molar-refractivity contribution in [2.45, 2.75) is 63.6 Å². The summed E-state index contributed by atoms with van der Waals surface area (Å²) in [5.41, 5.74) is 7.57.